The molecule has 188 valence electrons. The molecule has 3 unspecified atom stereocenters. The largest absolute Gasteiger partial charge is 0.490 e. The summed E-state index contributed by atoms with van der Waals surface area (Å²) in [5.41, 5.74) is 6.07. The van der Waals surface area contributed by atoms with Gasteiger partial charge in [-0.25, -0.2) is 23.7 Å². The number of anilines is 1. The number of hydrogen-bond acceptors (Lipinski definition) is 12. The molecule has 17 nitrogen and oxygen atoms in total. The quantitative estimate of drug-likeness (QED) is 0.140. The number of nitrogens with two attached hydrogens (primary N) is 1. The van der Waals surface area contributed by atoms with E-state index in [2.05, 4.69) is 39.9 Å². The molecule has 3 heterocycles. The van der Waals surface area contributed by atoms with Crippen molar-refractivity contribution in [3.63, 3.8) is 0 Å². The van der Waals surface area contributed by atoms with Gasteiger partial charge in [-0.3, -0.25) is 9.09 Å². The van der Waals surface area contributed by atoms with Crippen molar-refractivity contribution in [2.75, 3.05) is 12.3 Å². The zero-order chi connectivity index (χ0) is 25.5. The van der Waals surface area contributed by atoms with Gasteiger partial charge in [-0.15, -0.1) is 5.92 Å². The van der Waals surface area contributed by atoms with E-state index < -0.39 is 53.4 Å². The van der Waals surface area contributed by atoms with Crippen molar-refractivity contribution >= 4 is 52.2 Å². The normalized spacial score (nSPS) is 28.7. The monoisotopic (exact) mass is 563 g/mol. The fourth-order valence-corrected chi connectivity index (χ4v) is 6.39. The smallest absolute Gasteiger partial charge is 0.387 e. The minimum absolute atomic E-state index is 0.0984. The maximum atomic E-state index is 12.0. The Bertz CT molecular complexity index is 1290. The van der Waals surface area contributed by atoms with Crippen molar-refractivity contribution < 1.29 is 56.3 Å². The molecule has 7 N–H and O–H groups in total. The molecular weight excluding hydrogens is 547 g/mol. The number of rotatable bonds is 8. The van der Waals surface area contributed by atoms with Gasteiger partial charge in [-0.05, 0) is 6.92 Å². The summed E-state index contributed by atoms with van der Waals surface area (Å²) in [6.07, 6.45) is -1.84. The highest BCUT2D eigenvalue weighted by atomic mass is 35.5. The molecule has 2 aromatic heterocycles. The fourth-order valence-electron chi connectivity index (χ4n) is 2.96. The van der Waals surface area contributed by atoms with Crippen molar-refractivity contribution in [2.45, 2.75) is 30.2 Å². The molecular formula is C13H17ClN5O12P3. The van der Waals surface area contributed by atoms with E-state index in [0.717, 1.165) is 0 Å². The highest BCUT2D eigenvalue weighted by Gasteiger charge is 2.56. The molecule has 2 aromatic rings. The van der Waals surface area contributed by atoms with E-state index in [4.69, 9.17) is 31.9 Å². The lowest BCUT2D eigenvalue weighted by atomic mass is 9.99. The second-order valence-electron chi connectivity index (χ2n) is 6.59. The standard InChI is InChI=1S/C13H17ClN5O12P3/c1-2-3-13(14)9(20)8(5-28-33(24,25)31-34(26,27)30-32(21,22)23)29-11(13)19-6-17-7-4-16-12(15)18-10(7)19/h4,6,8-9,11,20H,5H2,1H3,(H,24,25)(H,26,27)(H2,15,16,18)(H2,21,22,23)/t8-,9?,11-,13-/m1/s1. The second kappa shape index (κ2) is 9.53. The molecule has 1 aliphatic heterocycles. The summed E-state index contributed by atoms with van der Waals surface area (Å²) in [5, 5.41) is 10.7. The molecule has 0 spiro atoms. The Balaban J connectivity index is 1.83. The third-order valence-corrected chi connectivity index (χ3v) is 8.47. The van der Waals surface area contributed by atoms with Crippen LogP contribution in [-0.4, -0.2) is 67.9 Å². The number of phosphoric ester groups is 1. The van der Waals surface area contributed by atoms with Crippen LogP contribution in [0.15, 0.2) is 12.5 Å². The van der Waals surface area contributed by atoms with E-state index in [1.165, 1.54) is 24.0 Å². The topological polar surface area (TPSA) is 259 Å². The van der Waals surface area contributed by atoms with Gasteiger partial charge in [0.15, 0.2) is 16.7 Å². The molecule has 1 fully saturated rings. The number of nitrogens with zero attached hydrogens (tertiary/aromatic N) is 4. The number of aromatic nitrogens is 4. The van der Waals surface area contributed by atoms with Gasteiger partial charge in [0.05, 0.1) is 19.1 Å². The zero-order valence-corrected chi connectivity index (χ0v) is 20.2. The van der Waals surface area contributed by atoms with Gasteiger partial charge in [0.2, 0.25) is 5.95 Å². The Labute approximate surface area is 195 Å². The van der Waals surface area contributed by atoms with Gasteiger partial charge in [0.25, 0.3) is 0 Å². The minimum Gasteiger partial charge on any atom is -0.387 e. The Kier molecular flexibility index (Phi) is 7.60. The minimum atomic E-state index is -5.72. The van der Waals surface area contributed by atoms with Gasteiger partial charge >= 0.3 is 23.5 Å². The van der Waals surface area contributed by atoms with Crippen LogP contribution in [-0.2, 0) is 31.6 Å². The number of ether oxygens (including phenoxy) is 1. The number of aliphatic hydroxyl groups excluding tert-OH is 1. The molecule has 1 aliphatic rings. The van der Waals surface area contributed by atoms with Crippen molar-refractivity contribution in [2.24, 2.45) is 0 Å². The summed E-state index contributed by atoms with van der Waals surface area (Å²) in [6, 6.07) is 0. The molecule has 34 heavy (non-hydrogen) atoms. The number of hydrogen-bond donors (Lipinski definition) is 6. The van der Waals surface area contributed by atoms with Crippen molar-refractivity contribution in [1.29, 1.82) is 0 Å². The lowest BCUT2D eigenvalue weighted by molar-refractivity contribution is -0.0428. The predicted molar refractivity (Wildman–Crippen MR) is 112 cm³/mol. The Morgan fingerprint density at radius 1 is 1.24 bits per heavy atom. The van der Waals surface area contributed by atoms with E-state index in [1.54, 1.807) is 0 Å². The number of halogens is 1. The van der Waals surface area contributed by atoms with E-state index in [0.29, 0.717) is 5.52 Å². The van der Waals surface area contributed by atoms with E-state index in [1.807, 2.05) is 0 Å². The van der Waals surface area contributed by atoms with Crippen molar-refractivity contribution in [1.82, 2.24) is 19.5 Å². The first-order valence-corrected chi connectivity index (χ1v) is 13.7. The molecule has 0 aromatic carbocycles. The lowest BCUT2D eigenvalue weighted by Gasteiger charge is -2.25. The first kappa shape index (κ1) is 27.1. The average molecular weight is 564 g/mol. The molecule has 0 radical (unpaired) electrons. The summed E-state index contributed by atoms with van der Waals surface area (Å²) in [4.78, 5) is 46.1. The van der Waals surface area contributed by atoms with Crippen molar-refractivity contribution in [3.8, 4) is 11.8 Å². The van der Waals surface area contributed by atoms with Gasteiger partial charge in [0.1, 0.15) is 17.7 Å². The number of imidazole rings is 1. The van der Waals surface area contributed by atoms with E-state index in [9.17, 15) is 28.6 Å². The molecule has 0 aliphatic carbocycles. The summed E-state index contributed by atoms with van der Waals surface area (Å²) < 4.78 is 52.9. The first-order chi connectivity index (χ1) is 15.6. The maximum absolute atomic E-state index is 12.0. The number of nitrogen functional groups attached to an aromatic ring is 1. The second-order valence-corrected chi connectivity index (χ2v) is 11.6. The Morgan fingerprint density at radius 2 is 1.91 bits per heavy atom. The summed E-state index contributed by atoms with van der Waals surface area (Å²) in [6.45, 7) is 0.477. The van der Waals surface area contributed by atoms with Gasteiger partial charge in [-0.1, -0.05) is 17.5 Å². The van der Waals surface area contributed by atoms with E-state index >= 15 is 0 Å². The van der Waals surface area contributed by atoms with Crippen LogP contribution in [0, 0.1) is 11.8 Å². The zero-order valence-electron chi connectivity index (χ0n) is 16.8. The van der Waals surface area contributed by atoms with Crippen LogP contribution in [0.5, 0.6) is 0 Å². The third kappa shape index (κ3) is 6.01. The molecule has 3 rings (SSSR count). The summed E-state index contributed by atoms with van der Waals surface area (Å²) >= 11 is 6.56. The van der Waals surface area contributed by atoms with Crippen LogP contribution in [0.2, 0.25) is 0 Å². The van der Waals surface area contributed by atoms with Crippen molar-refractivity contribution in [3.05, 3.63) is 12.5 Å². The highest BCUT2D eigenvalue weighted by molar-refractivity contribution is 7.66. The van der Waals surface area contributed by atoms with Gasteiger partial charge in [0, 0.05) is 0 Å². The van der Waals surface area contributed by atoms with Crippen LogP contribution in [0.3, 0.4) is 0 Å². The van der Waals surface area contributed by atoms with E-state index in [-0.39, 0.29) is 11.6 Å². The van der Waals surface area contributed by atoms with Gasteiger partial charge in [-0.2, -0.15) is 13.6 Å². The lowest BCUT2D eigenvalue weighted by Crippen LogP contribution is -2.41. The number of aliphatic hydroxyl groups is 1. The highest BCUT2D eigenvalue weighted by Crippen LogP contribution is 2.66. The molecule has 1 saturated heterocycles. The Morgan fingerprint density at radius 3 is 2.53 bits per heavy atom. The van der Waals surface area contributed by atoms with Gasteiger partial charge < -0.3 is 35.2 Å². The molecule has 0 amide bonds. The van der Waals surface area contributed by atoms with Crippen LogP contribution in [0.1, 0.15) is 13.2 Å². The number of alkyl halides is 1. The molecule has 6 atom stereocenters. The summed E-state index contributed by atoms with van der Waals surface area (Å²) in [5.74, 6) is 5.02. The molecule has 0 saturated carbocycles. The third-order valence-electron chi connectivity index (χ3n) is 4.17. The SMILES string of the molecule is CC#C[C@@]1(Cl)C(O)[C@@H](COP(=O)(O)OP(=O)(O)OP(=O)(O)O)O[C@H]1n1cnc2cnc(N)nc21. The predicted octanol–water partition coefficient (Wildman–Crippen LogP) is 0.0110. The molecule has 0 bridgehead atoms. The maximum Gasteiger partial charge on any atom is 0.490 e. The molecule has 21 heteroatoms. The Hall–Kier alpha value is -1.47. The van der Waals surface area contributed by atoms with Crippen LogP contribution < -0.4 is 5.73 Å². The fraction of sp³-hybridized carbons (Fsp3) is 0.462. The van der Waals surface area contributed by atoms with Crippen LogP contribution >= 0.6 is 35.1 Å². The first-order valence-electron chi connectivity index (χ1n) is 8.76. The number of phosphoric acid groups is 3. The average Bonchev–Trinajstić information content (AvgIpc) is 3.17. The number of fused-ring (bicyclic) bond motifs is 1. The van der Waals surface area contributed by atoms with Crippen LogP contribution in [0.4, 0.5) is 5.95 Å². The summed E-state index contributed by atoms with van der Waals surface area (Å²) in [7, 11) is -16.8. The van der Waals surface area contributed by atoms with Crippen LogP contribution in [0.25, 0.3) is 11.2 Å².